The summed E-state index contributed by atoms with van der Waals surface area (Å²) in [7, 11) is 0. The predicted octanol–water partition coefficient (Wildman–Crippen LogP) is 4.30. The van der Waals surface area contributed by atoms with Crippen molar-refractivity contribution in [1.82, 2.24) is 0 Å². The van der Waals surface area contributed by atoms with Crippen molar-refractivity contribution in [3.63, 3.8) is 0 Å². The highest BCUT2D eigenvalue weighted by molar-refractivity contribution is 9.09. The van der Waals surface area contributed by atoms with Crippen LogP contribution in [0.5, 0.6) is 0 Å². The van der Waals surface area contributed by atoms with Crippen LogP contribution < -0.4 is 0 Å². The molecule has 1 aromatic carbocycles. The van der Waals surface area contributed by atoms with Crippen molar-refractivity contribution >= 4 is 15.9 Å². The lowest BCUT2D eigenvalue weighted by atomic mass is 10.1. The van der Waals surface area contributed by atoms with Gasteiger partial charge in [0.05, 0.1) is 0 Å². The zero-order valence-electron chi connectivity index (χ0n) is 7.82. The summed E-state index contributed by atoms with van der Waals surface area (Å²) < 4.78 is 37.1. The van der Waals surface area contributed by atoms with E-state index in [9.17, 15) is 13.2 Å². The standard InChI is InChI=1S/C10H10BrF3/c1-6-3-7(2)5-8(4-6)9(11)10(12,13)14/h3-5,9H,1-2H3/t9-/m1/s1. The van der Waals surface area contributed by atoms with E-state index in [1.54, 1.807) is 26.0 Å². The first kappa shape index (κ1) is 11.6. The number of halogens is 4. The van der Waals surface area contributed by atoms with Crippen LogP contribution in [0.1, 0.15) is 21.5 Å². The van der Waals surface area contributed by atoms with Gasteiger partial charge in [-0.1, -0.05) is 45.3 Å². The number of benzene rings is 1. The first-order chi connectivity index (χ1) is 6.30. The van der Waals surface area contributed by atoms with Crippen LogP contribution in [0.3, 0.4) is 0 Å². The Morgan fingerprint density at radius 2 is 1.50 bits per heavy atom. The Morgan fingerprint density at radius 3 is 1.86 bits per heavy atom. The van der Waals surface area contributed by atoms with Crippen molar-refractivity contribution in [2.75, 3.05) is 0 Å². The molecule has 0 fully saturated rings. The average molecular weight is 267 g/mol. The van der Waals surface area contributed by atoms with E-state index >= 15 is 0 Å². The largest absolute Gasteiger partial charge is 0.405 e. The summed E-state index contributed by atoms with van der Waals surface area (Å²) in [5, 5.41) is 0. The third-order valence-corrected chi connectivity index (χ3v) is 2.87. The van der Waals surface area contributed by atoms with E-state index < -0.39 is 11.0 Å². The van der Waals surface area contributed by atoms with Gasteiger partial charge in [-0.25, -0.2) is 0 Å². The molecule has 0 bridgehead atoms. The molecule has 0 unspecified atom stereocenters. The molecular formula is C10H10BrF3. The minimum absolute atomic E-state index is 0.259. The summed E-state index contributed by atoms with van der Waals surface area (Å²) in [5.74, 6) is 0. The number of alkyl halides is 4. The number of aryl methyl sites for hydroxylation is 2. The van der Waals surface area contributed by atoms with Gasteiger partial charge in [-0.15, -0.1) is 0 Å². The number of hydrogen-bond donors (Lipinski definition) is 0. The normalized spacial score (nSPS) is 14.1. The second kappa shape index (κ2) is 3.93. The van der Waals surface area contributed by atoms with Gasteiger partial charge in [0.1, 0.15) is 4.83 Å². The van der Waals surface area contributed by atoms with Crippen molar-refractivity contribution in [3.05, 3.63) is 34.9 Å². The molecule has 0 aromatic heterocycles. The van der Waals surface area contributed by atoms with Crippen molar-refractivity contribution in [1.29, 1.82) is 0 Å². The molecule has 14 heavy (non-hydrogen) atoms. The maximum Gasteiger partial charge on any atom is 0.405 e. The minimum Gasteiger partial charge on any atom is -0.169 e. The molecule has 0 radical (unpaired) electrons. The van der Waals surface area contributed by atoms with E-state index in [0.717, 1.165) is 11.1 Å². The summed E-state index contributed by atoms with van der Waals surface area (Å²) in [5.41, 5.74) is 1.94. The molecule has 0 N–H and O–H groups in total. The molecule has 4 heteroatoms. The van der Waals surface area contributed by atoms with Crippen molar-refractivity contribution in [3.8, 4) is 0 Å². The van der Waals surface area contributed by atoms with Gasteiger partial charge in [0.2, 0.25) is 0 Å². The molecule has 0 aliphatic carbocycles. The lowest BCUT2D eigenvalue weighted by Gasteiger charge is -2.15. The van der Waals surface area contributed by atoms with Crippen LogP contribution in [-0.2, 0) is 0 Å². The Morgan fingerprint density at radius 1 is 1.07 bits per heavy atom. The predicted molar refractivity (Wildman–Crippen MR) is 53.6 cm³/mol. The number of hydrogen-bond acceptors (Lipinski definition) is 0. The minimum atomic E-state index is -4.24. The Hall–Kier alpha value is -0.510. The quantitative estimate of drug-likeness (QED) is 0.665. The van der Waals surface area contributed by atoms with Crippen molar-refractivity contribution in [2.45, 2.75) is 24.9 Å². The Bertz CT molecular complexity index is 310. The molecule has 0 spiro atoms. The fraction of sp³-hybridized carbons (Fsp3) is 0.400. The maximum absolute atomic E-state index is 12.4. The van der Waals surface area contributed by atoms with Crippen molar-refractivity contribution < 1.29 is 13.2 Å². The van der Waals surface area contributed by atoms with Crippen LogP contribution in [0.15, 0.2) is 18.2 Å². The lowest BCUT2D eigenvalue weighted by molar-refractivity contribution is -0.128. The smallest absolute Gasteiger partial charge is 0.169 e. The molecule has 0 aliphatic heterocycles. The highest BCUT2D eigenvalue weighted by Gasteiger charge is 2.38. The summed E-state index contributed by atoms with van der Waals surface area (Å²) in [4.78, 5) is -1.58. The molecular weight excluding hydrogens is 257 g/mol. The van der Waals surface area contributed by atoms with Crippen LogP contribution >= 0.6 is 15.9 Å². The maximum atomic E-state index is 12.4. The third kappa shape index (κ3) is 2.74. The fourth-order valence-corrected chi connectivity index (χ4v) is 1.61. The summed E-state index contributed by atoms with van der Waals surface area (Å²) in [6.07, 6.45) is -4.24. The highest BCUT2D eigenvalue weighted by Crippen LogP contribution is 2.39. The van der Waals surface area contributed by atoms with Gasteiger partial charge in [0, 0.05) is 0 Å². The van der Waals surface area contributed by atoms with E-state index in [2.05, 4.69) is 15.9 Å². The monoisotopic (exact) mass is 266 g/mol. The Kier molecular flexibility index (Phi) is 3.24. The first-order valence-corrected chi connectivity index (χ1v) is 5.01. The van der Waals surface area contributed by atoms with Gasteiger partial charge in [-0.2, -0.15) is 13.2 Å². The second-order valence-corrected chi connectivity index (χ2v) is 4.24. The molecule has 1 atom stereocenters. The molecule has 1 rings (SSSR count). The summed E-state index contributed by atoms with van der Waals surface area (Å²) in [6, 6.07) is 4.93. The van der Waals surface area contributed by atoms with Crippen LogP contribution in [0.4, 0.5) is 13.2 Å². The zero-order chi connectivity index (χ0) is 10.9. The fourth-order valence-electron chi connectivity index (χ4n) is 1.35. The SMILES string of the molecule is Cc1cc(C)cc([C@@H](Br)C(F)(F)F)c1. The van der Waals surface area contributed by atoms with Gasteiger partial charge in [0.15, 0.2) is 0 Å². The molecule has 1 aromatic rings. The van der Waals surface area contributed by atoms with Gasteiger partial charge >= 0.3 is 6.18 Å². The topological polar surface area (TPSA) is 0 Å². The molecule has 0 heterocycles. The average Bonchev–Trinajstić information content (AvgIpc) is 1.99. The van der Waals surface area contributed by atoms with Gasteiger partial charge in [-0.05, 0) is 19.4 Å². The van der Waals surface area contributed by atoms with E-state index in [0.29, 0.717) is 0 Å². The highest BCUT2D eigenvalue weighted by atomic mass is 79.9. The van der Waals surface area contributed by atoms with Crippen LogP contribution in [0.2, 0.25) is 0 Å². The van der Waals surface area contributed by atoms with Crippen LogP contribution in [0.25, 0.3) is 0 Å². The third-order valence-electron chi connectivity index (χ3n) is 1.82. The molecule has 0 saturated heterocycles. The van der Waals surface area contributed by atoms with Crippen molar-refractivity contribution in [2.24, 2.45) is 0 Å². The molecule has 0 nitrogen and oxygen atoms in total. The number of rotatable bonds is 1. The Balaban J connectivity index is 3.07. The zero-order valence-corrected chi connectivity index (χ0v) is 9.41. The van der Waals surface area contributed by atoms with Gasteiger partial charge < -0.3 is 0 Å². The molecule has 0 amide bonds. The van der Waals surface area contributed by atoms with E-state index in [-0.39, 0.29) is 5.56 Å². The lowest BCUT2D eigenvalue weighted by Crippen LogP contribution is -2.15. The van der Waals surface area contributed by atoms with Crippen LogP contribution in [0, 0.1) is 13.8 Å². The summed E-state index contributed by atoms with van der Waals surface area (Å²) in [6.45, 7) is 3.57. The second-order valence-electron chi connectivity index (χ2n) is 3.33. The summed E-state index contributed by atoms with van der Waals surface area (Å²) >= 11 is 2.65. The first-order valence-electron chi connectivity index (χ1n) is 4.09. The van der Waals surface area contributed by atoms with E-state index in [1.165, 1.54) is 0 Å². The van der Waals surface area contributed by atoms with E-state index in [1.807, 2.05) is 6.07 Å². The Labute approximate surface area is 89.3 Å². The van der Waals surface area contributed by atoms with Gasteiger partial charge in [-0.3, -0.25) is 0 Å². The van der Waals surface area contributed by atoms with Gasteiger partial charge in [0.25, 0.3) is 0 Å². The molecule has 78 valence electrons. The van der Waals surface area contributed by atoms with E-state index in [4.69, 9.17) is 0 Å². The molecule has 0 saturated carbocycles. The van der Waals surface area contributed by atoms with Crippen LogP contribution in [-0.4, -0.2) is 6.18 Å². The molecule has 0 aliphatic rings.